The number of ketones is 1. The number of hydrogen-bond acceptors (Lipinski definition) is 1. The van der Waals surface area contributed by atoms with Gasteiger partial charge >= 0.3 is 6.18 Å². The van der Waals surface area contributed by atoms with Crippen molar-refractivity contribution in [2.75, 3.05) is 0 Å². The van der Waals surface area contributed by atoms with Crippen molar-refractivity contribution in [1.29, 1.82) is 0 Å². The number of benzene rings is 1. The number of Topliss-reactive ketones (excluding diaryl/α,β-unsaturated/α-hetero) is 1. The highest BCUT2D eigenvalue weighted by Crippen LogP contribution is 2.29. The summed E-state index contributed by atoms with van der Waals surface area (Å²) in [6.07, 6.45) is 0.454. The third-order valence-electron chi connectivity index (χ3n) is 1.81. The first-order chi connectivity index (χ1) is 6.93. The lowest BCUT2D eigenvalue weighted by molar-refractivity contribution is -0.137. The van der Waals surface area contributed by atoms with Crippen molar-refractivity contribution in [2.45, 2.75) is 12.6 Å². The predicted octanol–water partition coefficient (Wildman–Crippen LogP) is 2.45. The molecular formula is C11H7F3O. The number of alkyl halides is 3. The molecule has 0 saturated carbocycles. The van der Waals surface area contributed by atoms with Crippen LogP contribution in [0.4, 0.5) is 13.2 Å². The Morgan fingerprint density at radius 2 is 1.80 bits per heavy atom. The minimum absolute atomic E-state index is 0.0331. The molecule has 0 radical (unpaired) electrons. The molecule has 0 amide bonds. The van der Waals surface area contributed by atoms with Crippen LogP contribution in [0.15, 0.2) is 24.3 Å². The van der Waals surface area contributed by atoms with Gasteiger partial charge in [0.15, 0.2) is 0 Å². The number of rotatable bonds is 2. The van der Waals surface area contributed by atoms with Crippen molar-refractivity contribution < 1.29 is 18.0 Å². The minimum Gasteiger partial charge on any atom is -0.285 e. The van der Waals surface area contributed by atoms with E-state index in [4.69, 9.17) is 6.42 Å². The predicted molar refractivity (Wildman–Crippen MR) is 49.0 cm³/mol. The van der Waals surface area contributed by atoms with E-state index in [0.29, 0.717) is 5.56 Å². The van der Waals surface area contributed by atoms with E-state index in [0.717, 1.165) is 12.1 Å². The highest BCUT2D eigenvalue weighted by atomic mass is 19.4. The van der Waals surface area contributed by atoms with Crippen molar-refractivity contribution in [3.05, 3.63) is 35.4 Å². The van der Waals surface area contributed by atoms with Crippen molar-refractivity contribution in [3.8, 4) is 12.3 Å². The zero-order chi connectivity index (χ0) is 11.5. The molecule has 0 N–H and O–H groups in total. The van der Waals surface area contributed by atoms with Gasteiger partial charge in [0.25, 0.3) is 0 Å². The highest BCUT2D eigenvalue weighted by molar-refractivity contribution is 5.96. The lowest BCUT2D eigenvalue weighted by Gasteiger charge is -2.06. The summed E-state index contributed by atoms with van der Waals surface area (Å²) in [4.78, 5) is 10.8. The Kier molecular flexibility index (Phi) is 3.15. The van der Waals surface area contributed by atoms with E-state index in [-0.39, 0.29) is 6.42 Å². The van der Waals surface area contributed by atoms with Crippen LogP contribution in [0.25, 0.3) is 0 Å². The minimum atomic E-state index is -4.35. The van der Waals surface area contributed by atoms with E-state index in [1.807, 2.05) is 5.92 Å². The summed E-state index contributed by atoms with van der Waals surface area (Å²) in [5.74, 6) is 1.45. The molecule has 0 spiro atoms. The van der Waals surface area contributed by atoms with Crippen molar-refractivity contribution >= 4 is 5.78 Å². The van der Waals surface area contributed by atoms with E-state index in [2.05, 4.69) is 0 Å². The molecule has 0 aliphatic heterocycles. The number of halogens is 3. The summed E-state index contributed by atoms with van der Waals surface area (Å²) in [5.41, 5.74) is -0.259. The third kappa shape index (κ3) is 3.13. The summed E-state index contributed by atoms with van der Waals surface area (Å²) < 4.78 is 36.4. The lowest BCUT2D eigenvalue weighted by atomic mass is 10.1. The van der Waals surface area contributed by atoms with Gasteiger partial charge in [-0.05, 0) is 23.6 Å². The van der Waals surface area contributed by atoms with Crippen LogP contribution in [0.1, 0.15) is 11.1 Å². The number of terminal acetylenes is 1. The van der Waals surface area contributed by atoms with Crippen LogP contribution in [0.2, 0.25) is 0 Å². The van der Waals surface area contributed by atoms with Gasteiger partial charge in [-0.3, -0.25) is 4.79 Å². The Labute approximate surface area is 84.9 Å². The average Bonchev–Trinajstić information content (AvgIpc) is 2.17. The molecule has 1 nitrogen and oxygen atoms in total. The quantitative estimate of drug-likeness (QED) is 0.543. The largest absolute Gasteiger partial charge is 0.416 e. The third-order valence-corrected chi connectivity index (χ3v) is 1.81. The number of carbonyl (C=O) groups excluding carboxylic acids is 1. The van der Waals surface area contributed by atoms with Gasteiger partial charge in [0, 0.05) is 6.42 Å². The maximum absolute atomic E-state index is 12.1. The van der Waals surface area contributed by atoms with Crippen molar-refractivity contribution in [2.24, 2.45) is 0 Å². The van der Waals surface area contributed by atoms with E-state index >= 15 is 0 Å². The van der Waals surface area contributed by atoms with Gasteiger partial charge in [-0.15, -0.1) is 6.42 Å². The van der Waals surface area contributed by atoms with E-state index in [1.165, 1.54) is 12.1 Å². The Morgan fingerprint density at radius 3 is 2.20 bits per heavy atom. The molecule has 0 bridgehead atoms. The molecule has 0 aliphatic carbocycles. The average molecular weight is 212 g/mol. The van der Waals surface area contributed by atoms with Crippen LogP contribution >= 0.6 is 0 Å². The normalized spacial score (nSPS) is 10.8. The lowest BCUT2D eigenvalue weighted by Crippen LogP contribution is -2.05. The second kappa shape index (κ2) is 4.18. The Hall–Kier alpha value is -1.76. The fourth-order valence-electron chi connectivity index (χ4n) is 1.05. The monoisotopic (exact) mass is 212 g/mol. The van der Waals surface area contributed by atoms with Gasteiger partial charge in [-0.1, -0.05) is 12.1 Å². The smallest absolute Gasteiger partial charge is 0.285 e. The molecule has 0 aromatic heterocycles. The molecule has 1 aromatic carbocycles. The number of hydrogen-bond donors (Lipinski definition) is 0. The summed E-state index contributed by atoms with van der Waals surface area (Å²) in [6.45, 7) is 0. The molecule has 15 heavy (non-hydrogen) atoms. The van der Waals surface area contributed by atoms with Crippen LogP contribution in [0.5, 0.6) is 0 Å². The summed E-state index contributed by atoms with van der Waals surface area (Å²) in [7, 11) is 0. The first kappa shape index (κ1) is 11.3. The molecule has 4 heteroatoms. The molecule has 0 fully saturated rings. The van der Waals surface area contributed by atoms with E-state index in [9.17, 15) is 18.0 Å². The van der Waals surface area contributed by atoms with E-state index < -0.39 is 17.5 Å². The first-order valence-corrected chi connectivity index (χ1v) is 4.09. The zero-order valence-electron chi connectivity index (χ0n) is 7.64. The van der Waals surface area contributed by atoms with E-state index in [1.54, 1.807) is 0 Å². The van der Waals surface area contributed by atoms with Crippen LogP contribution in [0.3, 0.4) is 0 Å². The topological polar surface area (TPSA) is 17.1 Å². The van der Waals surface area contributed by atoms with Crippen molar-refractivity contribution in [1.82, 2.24) is 0 Å². The van der Waals surface area contributed by atoms with Gasteiger partial charge in [-0.2, -0.15) is 13.2 Å². The maximum atomic E-state index is 12.1. The summed E-state index contributed by atoms with van der Waals surface area (Å²) in [6, 6.07) is 4.36. The molecule has 0 aliphatic rings. The van der Waals surface area contributed by atoms with Gasteiger partial charge in [0.1, 0.15) is 0 Å². The van der Waals surface area contributed by atoms with Crippen LogP contribution in [0, 0.1) is 12.3 Å². The molecule has 1 rings (SSSR count). The van der Waals surface area contributed by atoms with Crippen molar-refractivity contribution in [3.63, 3.8) is 0 Å². The summed E-state index contributed by atoms with van der Waals surface area (Å²) in [5, 5.41) is 0. The van der Waals surface area contributed by atoms with Gasteiger partial charge < -0.3 is 0 Å². The zero-order valence-corrected chi connectivity index (χ0v) is 7.64. The first-order valence-electron chi connectivity index (χ1n) is 4.09. The fourth-order valence-corrected chi connectivity index (χ4v) is 1.05. The molecule has 0 unspecified atom stereocenters. The molecule has 1 aromatic rings. The van der Waals surface area contributed by atoms with Gasteiger partial charge in [0.2, 0.25) is 5.78 Å². The molecular weight excluding hydrogens is 205 g/mol. The molecule has 0 saturated heterocycles. The molecule has 78 valence electrons. The summed E-state index contributed by atoms with van der Waals surface area (Å²) >= 11 is 0. The fraction of sp³-hybridized carbons (Fsp3) is 0.182. The Balaban J connectivity index is 2.83. The molecule has 0 atom stereocenters. The Bertz CT molecular complexity index is 395. The SMILES string of the molecule is C#CC(=O)Cc1ccc(C(F)(F)F)cc1. The van der Waals surface area contributed by atoms with Gasteiger partial charge in [-0.25, -0.2) is 0 Å². The van der Waals surface area contributed by atoms with Crippen LogP contribution < -0.4 is 0 Å². The second-order valence-electron chi connectivity index (χ2n) is 2.94. The van der Waals surface area contributed by atoms with Crippen LogP contribution in [-0.4, -0.2) is 5.78 Å². The Morgan fingerprint density at radius 1 is 1.27 bits per heavy atom. The maximum Gasteiger partial charge on any atom is 0.416 e. The standard InChI is InChI=1S/C11H7F3O/c1-2-10(15)7-8-3-5-9(6-4-8)11(12,13)14/h1,3-6H,7H2. The second-order valence-corrected chi connectivity index (χ2v) is 2.94. The highest BCUT2D eigenvalue weighted by Gasteiger charge is 2.29. The van der Waals surface area contributed by atoms with Gasteiger partial charge in [0.05, 0.1) is 5.56 Å². The molecule has 0 heterocycles. The van der Waals surface area contributed by atoms with Crippen LogP contribution in [-0.2, 0) is 17.4 Å². The number of carbonyl (C=O) groups is 1.